The Morgan fingerprint density at radius 1 is 1.03 bits per heavy atom. The third-order valence-electron chi connectivity index (χ3n) is 5.99. The number of piperidine rings is 1. The summed E-state index contributed by atoms with van der Waals surface area (Å²) in [4.78, 5) is 13.4. The summed E-state index contributed by atoms with van der Waals surface area (Å²) in [6, 6.07) is 13.9. The number of methoxy groups -OCH3 is 2. The van der Waals surface area contributed by atoms with Gasteiger partial charge in [0.1, 0.15) is 11.5 Å². The summed E-state index contributed by atoms with van der Waals surface area (Å²) < 4.78 is 38.1. The van der Waals surface area contributed by atoms with Crippen molar-refractivity contribution in [3.05, 3.63) is 54.1 Å². The smallest absolute Gasteiger partial charge is 0.243 e. The standard InChI is InChI=1S/C25H34N2O5S/c1-18(2)16-24(19-7-9-21(31-3)10-8-19)26-25(28)20-6-5-15-27(17-20)33(29,30)23-13-11-22(32-4)12-14-23/h7-14,18,20,24H,5-6,15-17H2,1-4H3,(H,26,28)/t20-,24+/m0/s1. The Bertz CT molecular complexity index is 1020. The monoisotopic (exact) mass is 474 g/mol. The number of carbonyl (C=O) groups excluding carboxylic acids is 1. The van der Waals surface area contributed by atoms with E-state index in [0.717, 1.165) is 17.7 Å². The molecule has 7 nitrogen and oxygen atoms in total. The summed E-state index contributed by atoms with van der Waals surface area (Å²) in [7, 11) is -0.517. The Balaban J connectivity index is 1.72. The van der Waals surface area contributed by atoms with Crippen LogP contribution in [0.3, 0.4) is 0 Å². The van der Waals surface area contributed by atoms with Crippen molar-refractivity contribution in [1.82, 2.24) is 9.62 Å². The quantitative estimate of drug-likeness (QED) is 0.594. The summed E-state index contributed by atoms with van der Waals surface area (Å²) in [5.74, 6) is 1.25. The number of hydrogen-bond acceptors (Lipinski definition) is 5. The molecular weight excluding hydrogens is 440 g/mol. The highest BCUT2D eigenvalue weighted by Crippen LogP contribution is 2.28. The number of hydrogen-bond donors (Lipinski definition) is 1. The first kappa shape index (κ1) is 25.1. The van der Waals surface area contributed by atoms with Gasteiger partial charge in [-0.05, 0) is 67.1 Å². The normalized spacial score (nSPS) is 18.0. The van der Waals surface area contributed by atoms with Crippen molar-refractivity contribution in [3.63, 3.8) is 0 Å². The number of nitrogens with one attached hydrogen (secondary N) is 1. The van der Waals surface area contributed by atoms with Gasteiger partial charge < -0.3 is 14.8 Å². The SMILES string of the molecule is COc1ccc([C@@H](CC(C)C)NC(=O)[C@H]2CCCN(S(=O)(=O)c3ccc(OC)cc3)C2)cc1. The molecule has 8 heteroatoms. The Kier molecular flexibility index (Phi) is 8.37. The molecule has 0 bridgehead atoms. The molecule has 2 aromatic rings. The lowest BCUT2D eigenvalue weighted by molar-refractivity contribution is -0.127. The average molecular weight is 475 g/mol. The number of carbonyl (C=O) groups is 1. The van der Waals surface area contributed by atoms with Gasteiger partial charge in [0.05, 0.1) is 31.1 Å². The van der Waals surface area contributed by atoms with Crippen LogP contribution in [0.15, 0.2) is 53.4 Å². The van der Waals surface area contributed by atoms with Gasteiger partial charge in [0.15, 0.2) is 0 Å². The maximum Gasteiger partial charge on any atom is 0.243 e. The second-order valence-corrected chi connectivity index (χ2v) is 10.8. The van der Waals surface area contributed by atoms with Gasteiger partial charge in [-0.15, -0.1) is 0 Å². The molecule has 0 aliphatic carbocycles. The highest BCUT2D eigenvalue weighted by Gasteiger charge is 2.34. The zero-order chi connectivity index (χ0) is 24.0. The Morgan fingerprint density at radius 2 is 1.61 bits per heavy atom. The van der Waals surface area contributed by atoms with E-state index in [1.165, 1.54) is 11.4 Å². The molecule has 0 spiro atoms. The van der Waals surface area contributed by atoms with E-state index in [0.29, 0.717) is 31.1 Å². The summed E-state index contributed by atoms with van der Waals surface area (Å²) in [5, 5.41) is 3.18. The third-order valence-corrected chi connectivity index (χ3v) is 7.87. The second kappa shape index (κ2) is 11.0. The van der Waals surface area contributed by atoms with E-state index < -0.39 is 10.0 Å². The highest BCUT2D eigenvalue weighted by molar-refractivity contribution is 7.89. The number of sulfonamides is 1. The van der Waals surface area contributed by atoms with Gasteiger partial charge in [0.2, 0.25) is 15.9 Å². The molecule has 0 aromatic heterocycles. The summed E-state index contributed by atoms with van der Waals surface area (Å²) in [5.41, 5.74) is 1.01. The maximum absolute atomic E-state index is 13.2. The number of nitrogens with zero attached hydrogens (tertiary/aromatic N) is 1. The van der Waals surface area contributed by atoms with Crippen molar-refractivity contribution < 1.29 is 22.7 Å². The Morgan fingerprint density at radius 3 is 2.15 bits per heavy atom. The van der Waals surface area contributed by atoms with Gasteiger partial charge in [-0.1, -0.05) is 26.0 Å². The van der Waals surface area contributed by atoms with Gasteiger partial charge >= 0.3 is 0 Å². The predicted molar refractivity (Wildman–Crippen MR) is 128 cm³/mol. The fourth-order valence-electron chi connectivity index (χ4n) is 4.15. The lowest BCUT2D eigenvalue weighted by atomic mass is 9.94. The van der Waals surface area contributed by atoms with Crippen molar-refractivity contribution in [3.8, 4) is 11.5 Å². The van der Waals surface area contributed by atoms with Gasteiger partial charge in [-0.3, -0.25) is 4.79 Å². The molecule has 1 amide bonds. The zero-order valence-corrected chi connectivity index (χ0v) is 20.6. The first-order chi connectivity index (χ1) is 15.7. The van der Waals surface area contributed by atoms with Crippen molar-refractivity contribution in [1.29, 1.82) is 0 Å². The van der Waals surface area contributed by atoms with Crippen molar-refractivity contribution in [2.24, 2.45) is 11.8 Å². The number of amides is 1. The van der Waals surface area contributed by atoms with Gasteiger partial charge in [0.25, 0.3) is 0 Å². The molecule has 33 heavy (non-hydrogen) atoms. The highest BCUT2D eigenvalue weighted by atomic mass is 32.2. The van der Waals surface area contributed by atoms with E-state index in [-0.39, 0.29) is 29.3 Å². The van der Waals surface area contributed by atoms with Crippen molar-refractivity contribution >= 4 is 15.9 Å². The molecule has 1 aliphatic heterocycles. The minimum atomic E-state index is -3.68. The zero-order valence-electron chi connectivity index (χ0n) is 19.8. The van der Waals surface area contributed by atoms with Gasteiger partial charge in [0, 0.05) is 13.1 Å². The lowest BCUT2D eigenvalue weighted by Crippen LogP contribution is -2.46. The van der Waals surface area contributed by atoms with E-state index in [9.17, 15) is 13.2 Å². The van der Waals surface area contributed by atoms with E-state index in [1.54, 1.807) is 31.4 Å². The minimum absolute atomic E-state index is 0.105. The number of benzene rings is 2. The molecule has 1 aliphatic rings. The van der Waals surface area contributed by atoms with Crippen LogP contribution >= 0.6 is 0 Å². The molecule has 0 unspecified atom stereocenters. The van der Waals surface area contributed by atoms with E-state index in [4.69, 9.17) is 9.47 Å². The third kappa shape index (κ3) is 6.26. The van der Waals surface area contributed by atoms with Gasteiger partial charge in [-0.25, -0.2) is 8.42 Å². The molecule has 3 rings (SSSR count). The molecule has 1 saturated heterocycles. The van der Waals surface area contributed by atoms with Crippen molar-refractivity contribution in [2.75, 3.05) is 27.3 Å². The van der Waals surface area contributed by atoms with Crippen LogP contribution in [0, 0.1) is 11.8 Å². The van der Waals surface area contributed by atoms with Crippen LogP contribution in [-0.4, -0.2) is 45.9 Å². The van der Waals surface area contributed by atoms with Crippen molar-refractivity contribution in [2.45, 2.75) is 44.0 Å². The van der Waals surface area contributed by atoms with E-state index >= 15 is 0 Å². The van der Waals surface area contributed by atoms with Crippen LogP contribution in [0.5, 0.6) is 11.5 Å². The number of ether oxygens (including phenoxy) is 2. The first-order valence-electron chi connectivity index (χ1n) is 11.3. The molecule has 0 saturated carbocycles. The average Bonchev–Trinajstić information content (AvgIpc) is 2.83. The molecule has 1 N–H and O–H groups in total. The number of rotatable bonds is 9. The predicted octanol–water partition coefficient (Wildman–Crippen LogP) is 4.01. The Labute approximate surface area is 197 Å². The fraction of sp³-hybridized carbons (Fsp3) is 0.480. The van der Waals surface area contributed by atoms with E-state index in [2.05, 4.69) is 19.2 Å². The summed E-state index contributed by atoms with van der Waals surface area (Å²) in [6.45, 7) is 4.82. The minimum Gasteiger partial charge on any atom is -0.497 e. The first-order valence-corrected chi connectivity index (χ1v) is 12.8. The molecule has 0 radical (unpaired) electrons. The van der Waals surface area contributed by atoms with Crippen LogP contribution in [0.1, 0.15) is 44.7 Å². The van der Waals surface area contributed by atoms with Crippen LogP contribution in [0.2, 0.25) is 0 Å². The maximum atomic E-state index is 13.2. The molecule has 1 heterocycles. The van der Waals surface area contributed by atoms with E-state index in [1.807, 2.05) is 24.3 Å². The molecule has 2 aromatic carbocycles. The van der Waals surface area contributed by atoms with Gasteiger partial charge in [-0.2, -0.15) is 4.31 Å². The summed E-state index contributed by atoms with van der Waals surface area (Å²) in [6.07, 6.45) is 2.10. The molecule has 180 valence electrons. The molecule has 2 atom stereocenters. The van der Waals surface area contributed by atoms with Crippen LogP contribution < -0.4 is 14.8 Å². The lowest BCUT2D eigenvalue weighted by Gasteiger charge is -2.32. The van der Waals surface area contributed by atoms with Crippen LogP contribution in [0.25, 0.3) is 0 Å². The second-order valence-electron chi connectivity index (χ2n) is 8.84. The van der Waals surface area contributed by atoms with Crippen LogP contribution in [-0.2, 0) is 14.8 Å². The fourth-order valence-corrected chi connectivity index (χ4v) is 5.67. The molecular formula is C25H34N2O5S. The summed E-state index contributed by atoms with van der Waals surface area (Å²) >= 11 is 0. The van der Waals surface area contributed by atoms with Crippen LogP contribution in [0.4, 0.5) is 0 Å². The largest absolute Gasteiger partial charge is 0.497 e. The molecule has 1 fully saturated rings. The topological polar surface area (TPSA) is 84.9 Å². The Hall–Kier alpha value is -2.58.